The fourth-order valence-electron chi connectivity index (χ4n) is 5.33. The molecule has 1 saturated heterocycles. The molecule has 2 aliphatic heterocycles. The van der Waals surface area contributed by atoms with Gasteiger partial charge in [0, 0.05) is 25.2 Å². The van der Waals surface area contributed by atoms with Gasteiger partial charge in [-0.25, -0.2) is 4.99 Å². The Balaban J connectivity index is 1.29. The number of aliphatic imine (C=N–C) groups is 1. The third kappa shape index (κ3) is 6.32. The van der Waals surface area contributed by atoms with Crippen LogP contribution in [0.3, 0.4) is 0 Å². The SMILES string of the molecule is CCCCC1(CCCC)N=C(N)N(CCC2CCN(C(=O)c3ccc(Oc4ccccc4)cc3)C2)C1=O. The highest BCUT2D eigenvalue weighted by Gasteiger charge is 2.46. The average molecular weight is 505 g/mol. The summed E-state index contributed by atoms with van der Waals surface area (Å²) in [7, 11) is 0. The Hall–Kier alpha value is -3.35. The molecule has 2 aliphatic rings. The number of hydrogen-bond donors (Lipinski definition) is 1. The Labute approximate surface area is 220 Å². The maximum atomic E-state index is 13.4. The van der Waals surface area contributed by atoms with Gasteiger partial charge >= 0.3 is 0 Å². The molecule has 2 heterocycles. The van der Waals surface area contributed by atoms with Crippen LogP contribution in [0.5, 0.6) is 11.5 Å². The standard InChI is InChI=1S/C30H40N4O3/c1-3-5-18-30(19-6-4-2)28(36)34(29(31)32-30)21-17-23-16-20-33(22-23)27(35)24-12-14-26(15-13-24)37-25-10-8-7-9-11-25/h7-15,23H,3-6,16-22H2,1-2H3,(H2,31,32). The van der Waals surface area contributed by atoms with Crippen LogP contribution in [0.2, 0.25) is 0 Å². The smallest absolute Gasteiger partial charge is 0.257 e. The number of carbonyl (C=O) groups excluding carboxylic acids is 2. The fourth-order valence-corrected chi connectivity index (χ4v) is 5.33. The van der Waals surface area contributed by atoms with Crippen LogP contribution >= 0.6 is 0 Å². The second kappa shape index (κ2) is 12.3. The van der Waals surface area contributed by atoms with Crippen LogP contribution in [0.15, 0.2) is 59.6 Å². The number of guanidine groups is 1. The Morgan fingerprint density at radius 1 is 1.03 bits per heavy atom. The van der Waals surface area contributed by atoms with Crippen molar-refractivity contribution in [1.82, 2.24) is 9.80 Å². The van der Waals surface area contributed by atoms with E-state index in [1.807, 2.05) is 59.5 Å². The molecule has 2 N–H and O–H groups in total. The second-order valence-electron chi connectivity index (χ2n) is 10.3. The van der Waals surface area contributed by atoms with Crippen molar-refractivity contribution in [3.63, 3.8) is 0 Å². The van der Waals surface area contributed by atoms with Crippen molar-refractivity contribution in [2.45, 2.75) is 70.8 Å². The molecule has 0 radical (unpaired) electrons. The lowest BCUT2D eigenvalue weighted by Crippen LogP contribution is -2.45. The first kappa shape index (κ1) is 26.7. The number of para-hydroxylation sites is 1. The lowest BCUT2D eigenvalue weighted by molar-refractivity contribution is -0.132. The van der Waals surface area contributed by atoms with Crippen LogP contribution in [-0.4, -0.2) is 52.7 Å². The maximum Gasteiger partial charge on any atom is 0.257 e. The topological polar surface area (TPSA) is 88.2 Å². The van der Waals surface area contributed by atoms with Gasteiger partial charge in [0.2, 0.25) is 0 Å². The van der Waals surface area contributed by atoms with E-state index < -0.39 is 5.54 Å². The Bertz CT molecular complexity index is 1080. The van der Waals surface area contributed by atoms with Gasteiger partial charge in [0.25, 0.3) is 11.8 Å². The molecule has 7 nitrogen and oxygen atoms in total. The molecule has 0 aromatic heterocycles. The largest absolute Gasteiger partial charge is 0.457 e. The van der Waals surface area contributed by atoms with Crippen molar-refractivity contribution >= 4 is 17.8 Å². The predicted octanol–water partition coefficient (Wildman–Crippen LogP) is 5.61. The summed E-state index contributed by atoms with van der Waals surface area (Å²) in [5, 5.41) is 0. The molecule has 198 valence electrons. The third-order valence-electron chi connectivity index (χ3n) is 7.55. The summed E-state index contributed by atoms with van der Waals surface area (Å²) in [5.41, 5.74) is 6.25. The predicted molar refractivity (Wildman–Crippen MR) is 147 cm³/mol. The van der Waals surface area contributed by atoms with Gasteiger partial charge in [-0.3, -0.25) is 14.5 Å². The van der Waals surface area contributed by atoms with E-state index in [-0.39, 0.29) is 11.8 Å². The summed E-state index contributed by atoms with van der Waals surface area (Å²) < 4.78 is 5.83. The monoisotopic (exact) mass is 504 g/mol. The van der Waals surface area contributed by atoms with Crippen LogP contribution in [0, 0.1) is 5.92 Å². The number of carbonyl (C=O) groups is 2. The van der Waals surface area contributed by atoms with E-state index in [1.165, 1.54) is 0 Å². The van der Waals surface area contributed by atoms with E-state index in [9.17, 15) is 9.59 Å². The van der Waals surface area contributed by atoms with E-state index in [1.54, 1.807) is 4.90 Å². The molecular weight excluding hydrogens is 464 g/mol. The third-order valence-corrected chi connectivity index (χ3v) is 7.55. The molecule has 2 amide bonds. The summed E-state index contributed by atoms with van der Waals surface area (Å²) in [4.78, 5) is 34.8. The molecule has 1 atom stereocenters. The van der Waals surface area contributed by atoms with Crippen LogP contribution < -0.4 is 10.5 Å². The lowest BCUT2D eigenvalue weighted by Gasteiger charge is -2.26. The van der Waals surface area contributed by atoms with E-state index in [2.05, 4.69) is 13.8 Å². The number of hydrogen-bond acceptors (Lipinski definition) is 5. The van der Waals surface area contributed by atoms with Gasteiger partial charge in [0.15, 0.2) is 5.96 Å². The summed E-state index contributed by atoms with van der Waals surface area (Å²) in [6, 6.07) is 16.9. The van der Waals surface area contributed by atoms with Crippen molar-refractivity contribution < 1.29 is 14.3 Å². The van der Waals surface area contributed by atoms with Crippen LogP contribution in [-0.2, 0) is 4.79 Å². The van der Waals surface area contributed by atoms with Crippen molar-refractivity contribution in [3.8, 4) is 11.5 Å². The molecule has 1 fully saturated rings. The normalized spacial score (nSPS) is 18.8. The first-order valence-electron chi connectivity index (χ1n) is 13.8. The number of rotatable bonds is 12. The minimum absolute atomic E-state index is 0.0326. The Morgan fingerprint density at radius 2 is 1.68 bits per heavy atom. The molecular formula is C30H40N4O3. The van der Waals surface area contributed by atoms with Gasteiger partial charge in [0.1, 0.15) is 17.0 Å². The highest BCUT2D eigenvalue weighted by molar-refractivity contribution is 6.06. The van der Waals surface area contributed by atoms with Gasteiger partial charge < -0.3 is 15.4 Å². The zero-order valence-corrected chi connectivity index (χ0v) is 22.2. The van der Waals surface area contributed by atoms with Gasteiger partial charge in [-0.05, 0) is 68.0 Å². The fraction of sp³-hybridized carbons (Fsp3) is 0.500. The zero-order valence-electron chi connectivity index (χ0n) is 22.2. The molecule has 37 heavy (non-hydrogen) atoms. The average Bonchev–Trinajstić information content (AvgIpc) is 3.48. The number of ether oxygens (including phenoxy) is 1. The highest BCUT2D eigenvalue weighted by atomic mass is 16.5. The van der Waals surface area contributed by atoms with E-state index >= 15 is 0 Å². The number of unbranched alkanes of at least 4 members (excludes halogenated alkanes) is 2. The summed E-state index contributed by atoms with van der Waals surface area (Å²) in [5.74, 6) is 2.26. The Kier molecular flexibility index (Phi) is 8.85. The van der Waals surface area contributed by atoms with Crippen molar-refractivity contribution in [3.05, 3.63) is 60.2 Å². The summed E-state index contributed by atoms with van der Waals surface area (Å²) in [6.07, 6.45) is 7.28. The maximum absolute atomic E-state index is 13.4. The minimum Gasteiger partial charge on any atom is -0.457 e. The molecule has 7 heteroatoms. The van der Waals surface area contributed by atoms with Crippen molar-refractivity contribution in [2.24, 2.45) is 16.6 Å². The highest BCUT2D eigenvalue weighted by Crippen LogP contribution is 2.33. The molecule has 2 aromatic rings. The van der Waals surface area contributed by atoms with Crippen LogP contribution in [0.4, 0.5) is 0 Å². The van der Waals surface area contributed by atoms with Gasteiger partial charge in [0.05, 0.1) is 0 Å². The molecule has 0 spiro atoms. The number of nitrogens with zero attached hydrogens (tertiary/aromatic N) is 3. The Morgan fingerprint density at radius 3 is 2.32 bits per heavy atom. The van der Waals surface area contributed by atoms with E-state index in [4.69, 9.17) is 15.5 Å². The van der Waals surface area contributed by atoms with Crippen LogP contribution in [0.25, 0.3) is 0 Å². The first-order chi connectivity index (χ1) is 18.0. The quantitative estimate of drug-likeness (QED) is 0.407. The van der Waals surface area contributed by atoms with Crippen molar-refractivity contribution in [2.75, 3.05) is 19.6 Å². The van der Waals surface area contributed by atoms with Gasteiger partial charge in [-0.1, -0.05) is 57.7 Å². The number of nitrogens with two attached hydrogens (primary N) is 1. The summed E-state index contributed by atoms with van der Waals surface area (Å²) >= 11 is 0. The van der Waals surface area contributed by atoms with E-state index in [0.29, 0.717) is 36.3 Å². The summed E-state index contributed by atoms with van der Waals surface area (Å²) in [6.45, 7) is 6.25. The van der Waals surface area contributed by atoms with Gasteiger partial charge in [-0.2, -0.15) is 0 Å². The van der Waals surface area contributed by atoms with Crippen molar-refractivity contribution in [1.29, 1.82) is 0 Å². The van der Waals surface area contributed by atoms with Crippen LogP contribution in [0.1, 0.15) is 75.6 Å². The molecule has 4 rings (SSSR count). The molecule has 2 aromatic carbocycles. The molecule has 0 aliphatic carbocycles. The number of likely N-dealkylation sites (tertiary alicyclic amines) is 1. The lowest BCUT2D eigenvalue weighted by atomic mass is 9.87. The molecule has 1 unspecified atom stereocenters. The molecule has 0 bridgehead atoms. The second-order valence-corrected chi connectivity index (χ2v) is 10.3. The van der Waals surface area contributed by atoms with E-state index in [0.717, 1.165) is 63.7 Å². The number of amides is 2. The molecule has 0 saturated carbocycles. The number of benzene rings is 2. The van der Waals surface area contributed by atoms with Gasteiger partial charge in [-0.15, -0.1) is 0 Å². The zero-order chi connectivity index (χ0) is 26.3. The minimum atomic E-state index is -0.676. The first-order valence-corrected chi connectivity index (χ1v) is 13.8.